The van der Waals surface area contributed by atoms with Crippen LogP contribution in [0.3, 0.4) is 0 Å². The zero-order valence-corrected chi connectivity index (χ0v) is 15.7. The second-order valence-electron chi connectivity index (χ2n) is 7.39. The smallest absolute Gasteiger partial charge is 0.234 e. The van der Waals surface area contributed by atoms with E-state index in [0.29, 0.717) is 19.0 Å². The predicted molar refractivity (Wildman–Crippen MR) is 105 cm³/mol. The van der Waals surface area contributed by atoms with Crippen molar-refractivity contribution in [3.05, 3.63) is 59.9 Å². The number of carbonyl (C=O) groups excluding carboxylic acids is 1. The van der Waals surface area contributed by atoms with Crippen molar-refractivity contribution in [3.8, 4) is 0 Å². The van der Waals surface area contributed by atoms with Gasteiger partial charge in [-0.1, -0.05) is 6.07 Å². The maximum absolute atomic E-state index is 13.4. The number of nitrogens with zero attached hydrogens (tertiary/aromatic N) is 3. The van der Waals surface area contributed by atoms with Crippen LogP contribution >= 0.6 is 0 Å². The highest BCUT2D eigenvalue weighted by Gasteiger charge is 2.23. The third-order valence-corrected chi connectivity index (χ3v) is 5.14. The number of fused-ring (bicyclic) bond motifs is 1. The Bertz CT molecular complexity index is 942. The van der Waals surface area contributed by atoms with E-state index in [2.05, 4.69) is 25.2 Å². The zero-order valence-electron chi connectivity index (χ0n) is 15.7. The number of nitrogens with one attached hydrogen (secondary N) is 2. The minimum Gasteiger partial charge on any atom is -0.349 e. The van der Waals surface area contributed by atoms with E-state index in [1.807, 2.05) is 18.2 Å². The maximum atomic E-state index is 13.4. The highest BCUT2D eigenvalue weighted by atomic mass is 19.1. The van der Waals surface area contributed by atoms with Crippen LogP contribution in [0.15, 0.2) is 42.6 Å². The Morgan fingerprint density at radius 1 is 1.32 bits per heavy atom. The molecule has 4 rings (SSSR count). The van der Waals surface area contributed by atoms with Crippen LogP contribution in [-0.4, -0.2) is 45.4 Å². The SMILES string of the molecule is O=C(CN1CCCC(Cc2nc3ccc(F)cc3[nH]2)C1)NCc1ccccn1. The van der Waals surface area contributed by atoms with Gasteiger partial charge in [0.1, 0.15) is 11.6 Å². The highest BCUT2D eigenvalue weighted by molar-refractivity contribution is 5.78. The van der Waals surface area contributed by atoms with Crippen molar-refractivity contribution in [1.82, 2.24) is 25.2 Å². The summed E-state index contributed by atoms with van der Waals surface area (Å²) in [5, 5.41) is 2.94. The number of amides is 1. The summed E-state index contributed by atoms with van der Waals surface area (Å²) in [6.07, 6.45) is 4.70. The predicted octanol–water partition coefficient (Wildman–Crippen LogP) is 2.67. The van der Waals surface area contributed by atoms with Crippen LogP contribution in [0.2, 0.25) is 0 Å². The molecule has 1 saturated heterocycles. The van der Waals surface area contributed by atoms with Crippen LogP contribution in [0, 0.1) is 11.7 Å². The van der Waals surface area contributed by atoms with E-state index in [0.717, 1.165) is 54.9 Å². The van der Waals surface area contributed by atoms with Crippen molar-refractivity contribution in [3.63, 3.8) is 0 Å². The molecule has 0 saturated carbocycles. The Labute approximate surface area is 163 Å². The number of piperidine rings is 1. The number of aromatic nitrogens is 3. The van der Waals surface area contributed by atoms with Crippen molar-refractivity contribution in [2.24, 2.45) is 5.92 Å². The number of carbonyl (C=O) groups is 1. The molecule has 28 heavy (non-hydrogen) atoms. The molecule has 146 valence electrons. The summed E-state index contributed by atoms with van der Waals surface area (Å²) < 4.78 is 13.4. The molecule has 1 aromatic carbocycles. The van der Waals surface area contributed by atoms with Crippen molar-refractivity contribution < 1.29 is 9.18 Å². The lowest BCUT2D eigenvalue weighted by Gasteiger charge is -2.31. The van der Waals surface area contributed by atoms with Crippen LogP contribution in [0.1, 0.15) is 24.4 Å². The van der Waals surface area contributed by atoms with Crippen LogP contribution in [0.25, 0.3) is 11.0 Å². The summed E-state index contributed by atoms with van der Waals surface area (Å²) in [6.45, 7) is 2.64. The lowest BCUT2D eigenvalue weighted by molar-refractivity contribution is -0.122. The van der Waals surface area contributed by atoms with E-state index in [-0.39, 0.29) is 11.7 Å². The third kappa shape index (κ3) is 4.72. The van der Waals surface area contributed by atoms with E-state index in [1.54, 1.807) is 12.3 Å². The maximum Gasteiger partial charge on any atom is 0.234 e. The summed E-state index contributed by atoms with van der Waals surface area (Å²) in [5.74, 6) is 1.07. The molecular formula is C21H24FN5O. The molecule has 1 fully saturated rings. The van der Waals surface area contributed by atoms with Gasteiger partial charge in [-0.25, -0.2) is 9.37 Å². The minimum atomic E-state index is -0.261. The second kappa shape index (κ2) is 8.48. The van der Waals surface area contributed by atoms with Crippen LogP contribution in [0.4, 0.5) is 4.39 Å². The Morgan fingerprint density at radius 2 is 2.25 bits per heavy atom. The average Bonchev–Trinajstić information content (AvgIpc) is 3.09. The van der Waals surface area contributed by atoms with Crippen LogP contribution < -0.4 is 5.32 Å². The molecule has 0 radical (unpaired) electrons. The van der Waals surface area contributed by atoms with Crippen molar-refractivity contribution in [2.45, 2.75) is 25.8 Å². The van der Waals surface area contributed by atoms with E-state index in [1.165, 1.54) is 12.1 Å². The van der Waals surface area contributed by atoms with E-state index >= 15 is 0 Å². The number of likely N-dealkylation sites (tertiary alicyclic amines) is 1. The van der Waals surface area contributed by atoms with Gasteiger partial charge in [-0.05, 0) is 55.6 Å². The monoisotopic (exact) mass is 381 g/mol. The quantitative estimate of drug-likeness (QED) is 0.689. The molecule has 0 spiro atoms. The number of benzene rings is 1. The normalized spacial score (nSPS) is 17.7. The van der Waals surface area contributed by atoms with E-state index in [9.17, 15) is 9.18 Å². The first-order chi connectivity index (χ1) is 13.7. The largest absolute Gasteiger partial charge is 0.349 e. The Balaban J connectivity index is 1.29. The summed E-state index contributed by atoms with van der Waals surface area (Å²) in [4.78, 5) is 26.5. The topological polar surface area (TPSA) is 73.9 Å². The minimum absolute atomic E-state index is 0.0190. The molecule has 6 nitrogen and oxygen atoms in total. The summed E-state index contributed by atoms with van der Waals surface area (Å²) in [7, 11) is 0. The standard InChI is InChI=1S/C21H24FN5O/c22-16-6-7-18-19(11-16)26-20(25-18)10-15-4-3-9-27(13-15)14-21(28)24-12-17-5-1-2-8-23-17/h1-2,5-8,11,15H,3-4,9-10,12-14H2,(H,24,28)(H,25,26). The highest BCUT2D eigenvalue weighted by Crippen LogP contribution is 2.21. The zero-order chi connectivity index (χ0) is 19.3. The lowest BCUT2D eigenvalue weighted by atomic mass is 9.94. The van der Waals surface area contributed by atoms with Gasteiger partial charge in [0, 0.05) is 19.2 Å². The number of hydrogen-bond donors (Lipinski definition) is 2. The second-order valence-corrected chi connectivity index (χ2v) is 7.39. The number of imidazole rings is 1. The van der Waals surface area contributed by atoms with Crippen molar-refractivity contribution >= 4 is 16.9 Å². The number of H-pyrrole nitrogens is 1. The Kier molecular flexibility index (Phi) is 5.62. The first kappa shape index (κ1) is 18.6. The van der Waals surface area contributed by atoms with E-state index < -0.39 is 0 Å². The van der Waals surface area contributed by atoms with Gasteiger partial charge in [0.15, 0.2) is 0 Å². The molecule has 1 unspecified atom stereocenters. The summed E-state index contributed by atoms with van der Waals surface area (Å²) in [5.41, 5.74) is 2.38. The summed E-state index contributed by atoms with van der Waals surface area (Å²) in [6, 6.07) is 10.3. The van der Waals surface area contributed by atoms with Crippen molar-refractivity contribution in [2.75, 3.05) is 19.6 Å². The molecule has 1 aliphatic rings. The number of rotatable bonds is 6. The first-order valence-electron chi connectivity index (χ1n) is 9.69. The Hall–Kier alpha value is -2.80. The third-order valence-electron chi connectivity index (χ3n) is 5.14. The van der Waals surface area contributed by atoms with Gasteiger partial charge in [0.05, 0.1) is 29.8 Å². The van der Waals surface area contributed by atoms with Crippen LogP contribution in [0.5, 0.6) is 0 Å². The van der Waals surface area contributed by atoms with E-state index in [4.69, 9.17) is 0 Å². The van der Waals surface area contributed by atoms with Crippen LogP contribution in [-0.2, 0) is 17.8 Å². The molecule has 7 heteroatoms. The molecule has 0 bridgehead atoms. The molecule has 0 aliphatic carbocycles. The van der Waals surface area contributed by atoms with Gasteiger partial charge in [0.2, 0.25) is 5.91 Å². The Morgan fingerprint density at radius 3 is 3.11 bits per heavy atom. The molecular weight excluding hydrogens is 357 g/mol. The molecule has 3 aromatic rings. The lowest BCUT2D eigenvalue weighted by Crippen LogP contribution is -2.42. The molecule has 1 amide bonds. The fraction of sp³-hybridized carbons (Fsp3) is 0.381. The fourth-order valence-corrected chi connectivity index (χ4v) is 3.82. The van der Waals surface area contributed by atoms with Gasteiger partial charge in [-0.15, -0.1) is 0 Å². The molecule has 1 aliphatic heterocycles. The van der Waals surface area contributed by atoms with Crippen molar-refractivity contribution in [1.29, 1.82) is 0 Å². The average molecular weight is 381 g/mol. The molecule has 2 aromatic heterocycles. The number of pyridine rings is 1. The first-order valence-corrected chi connectivity index (χ1v) is 9.69. The molecule has 3 heterocycles. The van der Waals surface area contributed by atoms with Gasteiger partial charge < -0.3 is 10.3 Å². The number of aromatic amines is 1. The van der Waals surface area contributed by atoms with Gasteiger partial charge in [0.25, 0.3) is 0 Å². The number of halogens is 1. The molecule has 2 N–H and O–H groups in total. The van der Waals surface area contributed by atoms with Gasteiger partial charge in [-0.3, -0.25) is 14.7 Å². The number of hydrogen-bond acceptors (Lipinski definition) is 4. The molecule has 1 atom stereocenters. The summed E-state index contributed by atoms with van der Waals surface area (Å²) >= 11 is 0. The van der Waals surface area contributed by atoms with Gasteiger partial charge in [-0.2, -0.15) is 0 Å². The fourth-order valence-electron chi connectivity index (χ4n) is 3.82. The van der Waals surface area contributed by atoms with Gasteiger partial charge >= 0.3 is 0 Å².